The largest absolute Gasteiger partial charge is 0.337 e. The van der Waals surface area contributed by atoms with Crippen LogP contribution in [-0.2, 0) is 0 Å². The fourth-order valence-corrected chi connectivity index (χ4v) is 1.66. The predicted octanol–water partition coefficient (Wildman–Crippen LogP) is 2.57. The maximum atomic E-state index is 13.3. The normalized spacial score (nSPS) is 10.7. The van der Waals surface area contributed by atoms with Gasteiger partial charge in [-0.05, 0) is 25.2 Å². The Bertz CT molecular complexity index is 464. The Hall–Kier alpha value is -1.76. The van der Waals surface area contributed by atoms with Gasteiger partial charge in [0.2, 0.25) is 0 Å². The Kier molecular flexibility index (Phi) is 6.30. The van der Waals surface area contributed by atoms with E-state index in [1.54, 1.807) is 0 Å². The number of benzene rings is 1. The van der Waals surface area contributed by atoms with Crippen molar-refractivity contribution < 1.29 is 18.0 Å². The van der Waals surface area contributed by atoms with Crippen molar-refractivity contribution in [3.63, 3.8) is 0 Å². The van der Waals surface area contributed by atoms with Crippen LogP contribution in [0, 0.1) is 17.5 Å². The molecule has 0 saturated heterocycles. The highest BCUT2D eigenvalue weighted by molar-refractivity contribution is 5.89. The molecule has 2 N–H and O–H groups in total. The number of hydrogen-bond donors (Lipinski definition) is 2. The van der Waals surface area contributed by atoms with Gasteiger partial charge in [0.1, 0.15) is 0 Å². The van der Waals surface area contributed by atoms with Crippen LogP contribution in [0.25, 0.3) is 0 Å². The van der Waals surface area contributed by atoms with Gasteiger partial charge >= 0.3 is 6.03 Å². The predicted molar refractivity (Wildman–Crippen MR) is 71.1 cm³/mol. The molecule has 0 aliphatic heterocycles. The number of carbonyl (C=O) groups is 1. The lowest BCUT2D eigenvalue weighted by Gasteiger charge is -2.18. The van der Waals surface area contributed by atoms with Gasteiger partial charge in [0.05, 0.1) is 5.69 Å². The maximum Gasteiger partial charge on any atom is 0.319 e. The van der Waals surface area contributed by atoms with Crippen LogP contribution in [0.2, 0.25) is 0 Å². The summed E-state index contributed by atoms with van der Waals surface area (Å²) in [5, 5.41) is 4.65. The van der Waals surface area contributed by atoms with E-state index in [4.69, 9.17) is 0 Å². The van der Waals surface area contributed by atoms with Crippen molar-refractivity contribution in [3.8, 4) is 0 Å². The summed E-state index contributed by atoms with van der Waals surface area (Å²) in [7, 11) is 0. The van der Waals surface area contributed by atoms with Crippen molar-refractivity contribution >= 4 is 11.7 Å². The van der Waals surface area contributed by atoms with E-state index in [1.807, 2.05) is 13.8 Å². The number of halogens is 3. The molecule has 7 heteroatoms. The van der Waals surface area contributed by atoms with Crippen LogP contribution in [0.1, 0.15) is 13.8 Å². The maximum absolute atomic E-state index is 13.3. The van der Waals surface area contributed by atoms with Gasteiger partial charge in [0.25, 0.3) is 0 Å². The minimum atomic E-state index is -1.61. The van der Waals surface area contributed by atoms with Crippen molar-refractivity contribution in [2.75, 3.05) is 31.5 Å². The molecule has 0 unspecified atom stereocenters. The molecule has 0 fully saturated rings. The third-order valence-corrected chi connectivity index (χ3v) is 2.89. The molecule has 0 spiro atoms. The number of likely N-dealkylation sites (N-methyl/N-ethyl adjacent to an activating group) is 1. The zero-order chi connectivity index (χ0) is 15.1. The first kappa shape index (κ1) is 16.3. The number of carbonyl (C=O) groups excluding carboxylic acids is 1. The molecule has 20 heavy (non-hydrogen) atoms. The van der Waals surface area contributed by atoms with Gasteiger partial charge in [0.15, 0.2) is 17.5 Å². The van der Waals surface area contributed by atoms with Gasteiger partial charge in [-0.3, -0.25) is 0 Å². The fraction of sp³-hybridized carbons (Fsp3) is 0.462. The lowest BCUT2D eigenvalue weighted by molar-refractivity contribution is 0.247. The molecule has 0 aliphatic carbocycles. The monoisotopic (exact) mass is 289 g/mol. The standard InChI is InChI=1S/C13H18F3N3O/c1-3-19(4-2)8-7-17-13(20)18-10-6-5-9(14)11(15)12(10)16/h5-6H,3-4,7-8H2,1-2H3,(H2,17,18,20). The molecule has 0 aliphatic rings. The van der Waals surface area contributed by atoms with Gasteiger partial charge in [0, 0.05) is 13.1 Å². The van der Waals surface area contributed by atoms with E-state index in [9.17, 15) is 18.0 Å². The summed E-state index contributed by atoms with van der Waals surface area (Å²) in [6.07, 6.45) is 0. The Labute approximate surface area is 116 Å². The minimum absolute atomic E-state index is 0.374. The van der Waals surface area contributed by atoms with Crippen LogP contribution in [0.4, 0.5) is 23.7 Å². The number of rotatable bonds is 6. The minimum Gasteiger partial charge on any atom is -0.337 e. The molecule has 1 rings (SSSR count). The molecule has 0 bridgehead atoms. The van der Waals surface area contributed by atoms with Crippen molar-refractivity contribution in [3.05, 3.63) is 29.6 Å². The number of amides is 2. The van der Waals surface area contributed by atoms with Crippen LogP contribution in [0.15, 0.2) is 12.1 Å². The van der Waals surface area contributed by atoms with E-state index in [0.29, 0.717) is 13.1 Å². The highest BCUT2D eigenvalue weighted by Crippen LogP contribution is 2.19. The average molecular weight is 289 g/mol. The Morgan fingerprint density at radius 2 is 1.80 bits per heavy atom. The van der Waals surface area contributed by atoms with E-state index < -0.39 is 29.2 Å². The molecule has 0 saturated carbocycles. The van der Waals surface area contributed by atoms with E-state index in [-0.39, 0.29) is 0 Å². The van der Waals surface area contributed by atoms with E-state index >= 15 is 0 Å². The van der Waals surface area contributed by atoms with Gasteiger partial charge in [-0.2, -0.15) is 0 Å². The lowest BCUT2D eigenvalue weighted by Crippen LogP contribution is -2.37. The van der Waals surface area contributed by atoms with E-state index in [0.717, 1.165) is 25.2 Å². The van der Waals surface area contributed by atoms with Gasteiger partial charge in [-0.15, -0.1) is 0 Å². The van der Waals surface area contributed by atoms with E-state index in [2.05, 4.69) is 15.5 Å². The third kappa shape index (κ3) is 4.41. The number of nitrogens with one attached hydrogen (secondary N) is 2. The quantitative estimate of drug-likeness (QED) is 0.791. The average Bonchev–Trinajstić information content (AvgIpc) is 2.44. The lowest BCUT2D eigenvalue weighted by atomic mass is 10.3. The summed E-state index contributed by atoms with van der Waals surface area (Å²) in [6, 6.07) is 1.06. The second-order valence-electron chi connectivity index (χ2n) is 4.13. The number of nitrogens with zero attached hydrogens (tertiary/aromatic N) is 1. The second-order valence-corrected chi connectivity index (χ2v) is 4.13. The van der Waals surface area contributed by atoms with Crippen LogP contribution in [0.3, 0.4) is 0 Å². The summed E-state index contributed by atoms with van der Waals surface area (Å²) in [5.74, 6) is -4.31. The summed E-state index contributed by atoms with van der Waals surface area (Å²) in [6.45, 7) is 6.75. The first-order chi connectivity index (χ1) is 9.49. The highest BCUT2D eigenvalue weighted by Gasteiger charge is 2.14. The van der Waals surface area contributed by atoms with Gasteiger partial charge in [-0.1, -0.05) is 13.8 Å². The van der Waals surface area contributed by atoms with Crippen molar-refractivity contribution in [2.24, 2.45) is 0 Å². The topological polar surface area (TPSA) is 44.4 Å². The van der Waals surface area contributed by atoms with Crippen LogP contribution >= 0.6 is 0 Å². The zero-order valence-corrected chi connectivity index (χ0v) is 11.5. The molecule has 0 radical (unpaired) electrons. The zero-order valence-electron chi connectivity index (χ0n) is 11.5. The third-order valence-electron chi connectivity index (χ3n) is 2.89. The summed E-state index contributed by atoms with van der Waals surface area (Å²) < 4.78 is 39.0. The van der Waals surface area contributed by atoms with Gasteiger partial charge in [-0.25, -0.2) is 18.0 Å². The van der Waals surface area contributed by atoms with Crippen molar-refractivity contribution in [2.45, 2.75) is 13.8 Å². The summed E-state index contributed by atoms with van der Waals surface area (Å²) in [5.41, 5.74) is -0.399. The smallest absolute Gasteiger partial charge is 0.319 e. The molecule has 0 atom stereocenters. The first-order valence-electron chi connectivity index (χ1n) is 6.40. The molecular formula is C13H18F3N3O. The number of urea groups is 1. The van der Waals surface area contributed by atoms with Gasteiger partial charge < -0.3 is 15.5 Å². The molecule has 1 aromatic carbocycles. The molecule has 1 aromatic rings. The Morgan fingerprint density at radius 3 is 2.40 bits per heavy atom. The summed E-state index contributed by atoms with van der Waals surface area (Å²) in [4.78, 5) is 13.6. The molecule has 0 heterocycles. The van der Waals surface area contributed by atoms with Crippen LogP contribution in [-0.4, -0.2) is 37.1 Å². The molecular weight excluding hydrogens is 271 g/mol. The fourth-order valence-electron chi connectivity index (χ4n) is 1.66. The number of anilines is 1. The van der Waals surface area contributed by atoms with Crippen LogP contribution in [0.5, 0.6) is 0 Å². The first-order valence-corrected chi connectivity index (χ1v) is 6.40. The Balaban J connectivity index is 2.49. The number of hydrogen-bond acceptors (Lipinski definition) is 2. The molecule has 0 aromatic heterocycles. The Morgan fingerprint density at radius 1 is 1.15 bits per heavy atom. The van der Waals surface area contributed by atoms with Crippen LogP contribution < -0.4 is 10.6 Å². The molecule has 2 amide bonds. The molecule has 112 valence electrons. The molecule has 4 nitrogen and oxygen atoms in total. The SMILES string of the molecule is CCN(CC)CCNC(=O)Nc1ccc(F)c(F)c1F. The summed E-state index contributed by atoms with van der Waals surface area (Å²) >= 11 is 0. The van der Waals surface area contributed by atoms with Crippen molar-refractivity contribution in [1.82, 2.24) is 10.2 Å². The highest BCUT2D eigenvalue weighted by atomic mass is 19.2. The second kappa shape index (κ2) is 7.74. The van der Waals surface area contributed by atoms with E-state index in [1.165, 1.54) is 0 Å². The van der Waals surface area contributed by atoms with Crippen molar-refractivity contribution in [1.29, 1.82) is 0 Å².